The Kier molecular flexibility index (Phi) is 6.71. The number of ether oxygens (including phenoxy) is 2. The summed E-state index contributed by atoms with van der Waals surface area (Å²) in [5.74, 6) is 1.14. The van der Waals surface area contributed by atoms with Gasteiger partial charge in [-0.1, -0.05) is 41.9 Å². The first-order valence-electron chi connectivity index (χ1n) is 7.52. The van der Waals surface area contributed by atoms with Gasteiger partial charge in [0.25, 0.3) is 0 Å². The van der Waals surface area contributed by atoms with Crippen molar-refractivity contribution >= 4 is 11.6 Å². The van der Waals surface area contributed by atoms with E-state index in [4.69, 9.17) is 21.1 Å². The fraction of sp³-hybridized carbons (Fsp3) is 0.333. The molecular formula is C18H22ClNO3. The SMILES string of the molecule is COc1cc(CNCC(C)O)cc(Cl)c1OCc1ccccc1. The summed E-state index contributed by atoms with van der Waals surface area (Å²) in [6.45, 7) is 3.28. The molecule has 0 amide bonds. The van der Waals surface area contributed by atoms with E-state index in [0.717, 1.165) is 11.1 Å². The first-order valence-corrected chi connectivity index (χ1v) is 7.90. The molecule has 23 heavy (non-hydrogen) atoms. The summed E-state index contributed by atoms with van der Waals surface area (Å²) in [4.78, 5) is 0. The van der Waals surface area contributed by atoms with Crippen molar-refractivity contribution in [3.63, 3.8) is 0 Å². The van der Waals surface area contributed by atoms with Crippen molar-refractivity contribution in [1.82, 2.24) is 5.32 Å². The molecule has 0 saturated heterocycles. The van der Waals surface area contributed by atoms with Crippen LogP contribution in [0.4, 0.5) is 0 Å². The lowest BCUT2D eigenvalue weighted by atomic mass is 10.2. The van der Waals surface area contributed by atoms with Crippen LogP contribution in [-0.2, 0) is 13.2 Å². The highest BCUT2D eigenvalue weighted by atomic mass is 35.5. The highest BCUT2D eigenvalue weighted by molar-refractivity contribution is 6.32. The van der Waals surface area contributed by atoms with Crippen molar-refractivity contribution in [1.29, 1.82) is 0 Å². The Bertz CT molecular complexity index is 617. The summed E-state index contributed by atoms with van der Waals surface area (Å²) in [7, 11) is 1.59. The van der Waals surface area contributed by atoms with Crippen molar-refractivity contribution in [2.24, 2.45) is 0 Å². The van der Waals surface area contributed by atoms with Gasteiger partial charge in [-0.05, 0) is 30.2 Å². The number of aliphatic hydroxyl groups excluding tert-OH is 1. The Balaban J connectivity index is 2.07. The molecule has 0 aliphatic carbocycles. The molecule has 1 unspecified atom stereocenters. The average molecular weight is 336 g/mol. The third-order valence-corrected chi connectivity index (χ3v) is 3.56. The van der Waals surface area contributed by atoms with Crippen LogP contribution < -0.4 is 14.8 Å². The van der Waals surface area contributed by atoms with Crippen LogP contribution in [-0.4, -0.2) is 24.9 Å². The number of benzene rings is 2. The predicted molar refractivity (Wildman–Crippen MR) is 92.2 cm³/mol. The Hall–Kier alpha value is -1.75. The predicted octanol–water partition coefficient (Wildman–Crippen LogP) is 3.40. The van der Waals surface area contributed by atoms with Gasteiger partial charge in [-0.3, -0.25) is 0 Å². The number of hydrogen-bond donors (Lipinski definition) is 2. The van der Waals surface area contributed by atoms with Crippen LogP contribution in [0, 0.1) is 0 Å². The Morgan fingerprint density at radius 1 is 1.17 bits per heavy atom. The molecule has 0 bridgehead atoms. The first-order chi connectivity index (χ1) is 11.1. The fourth-order valence-electron chi connectivity index (χ4n) is 2.17. The topological polar surface area (TPSA) is 50.7 Å². The molecule has 2 aromatic carbocycles. The van der Waals surface area contributed by atoms with Crippen LogP contribution in [0.3, 0.4) is 0 Å². The van der Waals surface area contributed by atoms with Gasteiger partial charge < -0.3 is 19.9 Å². The van der Waals surface area contributed by atoms with Gasteiger partial charge in [-0.15, -0.1) is 0 Å². The van der Waals surface area contributed by atoms with E-state index in [1.807, 2.05) is 42.5 Å². The third-order valence-electron chi connectivity index (χ3n) is 3.28. The summed E-state index contributed by atoms with van der Waals surface area (Å²) in [5.41, 5.74) is 2.04. The molecule has 0 fully saturated rings. The molecule has 0 aromatic heterocycles. The fourth-order valence-corrected chi connectivity index (χ4v) is 2.46. The molecule has 2 rings (SSSR count). The van der Waals surface area contributed by atoms with Gasteiger partial charge in [0.15, 0.2) is 11.5 Å². The minimum Gasteiger partial charge on any atom is -0.493 e. The maximum atomic E-state index is 9.27. The third kappa shape index (κ3) is 5.43. The smallest absolute Gasteiger partial charge is 0.180 e. The lowest BCUT2D eigenvalue weighted by molar-refractivity contribution is 0.191. The normalized spacial score (nSPS) is 12.0. The van der Waals surface area contributed by atoms with E-state index >= 15 is 0 Å². The molecular weight excluding hydrogens is 314 g/mol. The standard InChI is InChI=1S/C18H22ClNO3/c1-13(21)10-20-11-15-8-16(19)18(17(9-15)22-2)23-12-14-6-4-3-5-7-14/h3-9,13,20-21H,10-12H2,1-2H3. The van der Waals surface area contributed by atoms with Gasteiger partial charge >= 0.3 is 0 Å². The van der Waals surface area contributed by atoms with E-state index in [-0.39, 0.29) is 6.10 Å². The monoisotopic (exact) mass is 335 g/mol. The van der Waals surface area contributed by atoms with E-state index in [1.165, 1.54) is 0 Å². The molecule has 4 nitrogen and oxygen atoms in total. The van der Waals surface area contributed by atoms with Gasteiger partial charge in [0.05, 0.1) is 18.2 Å². The van der Waals surface area contributed by atoms with Crippen molar-refractivity contribution in [2.75, 3.05) is 13.7 Å². The van der Waals surface area contributed by atoms with Gasteiger partial charge in [0.2, 0.25) is 0 Å². The maximum absolute atomic E-state index is 9.27. The highest BCUT2D eigenvalue weighted by Gasteiger charge is 2.12. The molecule has 0 saturated carbocycles. The van der Waals surface area contributed by atoms with E-state index in [9.17, 15) is 5.11 Å². The molecule has 0 spiro atoms. The van der Waals surface area contributed by atoms with Crippen LogP contribution >= 0.6 is 11.6 Å². The molecule has 1 atom stereocenters. The minimum atomic E-state index is -0.388. The van der Waals surface area contributed by atoms with E-state index in [1.54, 1.807) is 14.0 Å². The summed E-state index contributed by atoms with van der Waals surface area (Å²) in [5, 5.41) is 12.9. The van der Waals surface area contributed by atoms with Crippen LogP contribution in [0.5, 0.6) is 11.5 Å². The second kappa shape index (κ2) is 8.77. The van der Waals surface area contributed by atoms with Gasteiger partial charge in [-0.25, -0.2) is 0 Å². The van der Waals surface area contributed by atoms with Gasteiger partial charge in [0, 0.05) is 13.1 Å². The van der Waals surface area contributed by atoms with Crippen LogP contribution in [0.25, 0.3) is 0 Å². The summed E-state index contributed by atoms with van der Waals surface area (Å²) in [6, 6.07) is 13.6. The summed E-state index contributed by atoms with van der Waals surface area (Å²) >= 11 is 6.34. The quantitative estimate of drug-likeness (QED) is 0.776. The molecule has 0 aliphatic heterocycles. The van der Waals surface area contributed by atoms with Crippen LogP contribution in [0.15, 0.2) is 42.5 Å². The largest absolute Gasteiger partial charge is 0.493 e. The van der Waals surface area contributed by atoms with Crippen molar-refractivity contribution in [2.45, 2.75) is 26.2 Å². The molecule has 5 heteroatoms. The summed E-state index contributed by atoms with van der Waals surface area (Å²) < 4.78 is 11.2. The molecule has 2 N–H and O–H groups in total. The van der Waals surface area contributed by atoms with E-state index in [2.05, 4.69) is 5.32 Å². The van der Waals surface area contributed by atoms with E-state index in [0.29, 0.717) is 36.2 Å². The first kappa shape index (κ1) is 17.6. The van der Waals surface area contributed by atoms with Crippen molar-refractivity contribution in [3.8, 4) is 11.5 Å². The zero-order valence-corrected chi connectivity index (χ0v) is 14.1. The van der Waals surface area contributed by atoms with E-state index < -0.39 is 0 Å². The number of rotatable bonds is 8. The zero-order chi connectivity index (χ0) is 16.7. The van der Waals surface area contributed by atoms with Crippen LogP contribution in [0.2, 0.25) is 5.02 Å². The second-order valence-electron chi connectivity index (χ2n) is 5.36. The Labute approximate surface area is 142 Å². The molecule has 0 radical (unpaired) electrons. The van der Waals surface area contributed by atoms with Gasteiger partial charge in [-0.2, -0.15) is 0 Å². The molecule has 0 aliphatic rings. The number of halogens is 1. The number of methoxy groups -OCH3 is 1. The second-order valence-corrected chi connectivity index (χ2v) is 5.77. The average Bonchev–Trinajstić information content (AvgIpc) is 2.54. The molecule has 0 heterocycles. The maximum Gasteiger partial charge on any atom is 0.180 e. The summed E-state index contributed by atoms with van der Waals surface area (Å²) in [6.07, 6.45) is -0.388. The van der Waals surface area contributed by atoms with Crippen LogP contribution in [0.1, 0.15) is 18.1 Å². The molecule has 124 valence electrons. The number of aliphatic hydroxyl groups is 1. The lowest BCUT2D eigenvalue weighted by Crippen LogP contribution is -2.23. The Morgan fingerprint density at radius 3 is 2.57 bits per heavy atom. The zero-order valence-electron chi connectivity index (χ0n) is 13.4. The lowest BCUT2D eigenvalue weighted by Gasteiger charge is -2.15. The number of nitrogens with one attached hydrogen (secondary N) is 1. The van der Waals surface area contributed by atoms with Crippen molar-refractivity contribution in [3.05, 3.63) is 58.6 Å². The van der Waals surface area contributed by atoms with Crippen molar-refractivity contribution < 1.29 is 14.6 Å². The Morgan fingerprint density at radius 2 is 1.91 bits per heavy atom. The number of hydrogen-bond acceptors (Lipinski definition) is 4. The minimum absolute atomic E-state index is 0.388. The van der Waals surface area contributed by atoms with Gasteiger partial charge in [0.1, 0.15) is 6.61 Å². The highest BCUT2D eigenvalue weighted by Crippen LogP contribution is 2.36. The molecule has 2 aromatic rings.